The molecule has 0 aliphatic heterocycles. The van der Waals surface area contributed by atoms with Gasteiger partial charge in [-0.3, -0.25) is 15.4 Å². The topological polar surface area (TPSA) is 87.0 Å². The first-order valence-corrected chi connectivity index (χ1v) is 8.58. The molecular weight excluding hydrogens is 386 g/mol. The molecule has 8 heteroatoms. The van der Waals surface area contributed by atoms with Gasteiger partial charge in [-0.2, -0.15) is 0 Å². The molecule has 0 radical (unpaired) electrons. The lowest BCUT2D eigenvalue weighted by molar-refractivity contribution is 0.267. The molecule has 130 valence electrons. The van der Waals surface area contributed by atoms with E-state index < -0.39 is 0 Å². The predicted molar refractivity (Wildman–Crippen MR) is 97.0 cm³/mol. The van der Waals surface area contributed by atoms with Crippen molar-refractivity contribution in [3.8, 4) is 11.5 Å². The SMILES string of the molecule is CCOc1cc(C[N-]c2nn[nH]n2)cc(Br)c1OCc1ccccc1. The van der Waals surface area contributed by atoms with Crippen LogP contribution < -0.4 is 9.47 Å². The fraction of sp³-hybridized carbons (Fsp3) is 0.235. The highest BCUT2D eigenvalue weighted by molar-refractivity contribution is 9.10. The summed E-state index contributed by atoms with van der Waals surface area (Å²) in [5.74, 6) is 1.67. The lowest BCUT2D eigenvalue weighted by Gasteiger charge is -2.16. The number of aromatic amines is 1. The molecule has 0 spiro atoms. The molecule has 3 aromatic rings. The van der Waals surface area contributed by atoms with Crippen LogP contribution in [0.2, 0.25) is 0 Å². The van der Waals surface area contributed by atoms with Crippen LogP contribution in [0.15, 0.2) is 46.9 Å². The Morgan fingerprint density at radius 3 is 2.68 bits per heavy atom. The van der Waals surface area contributed by atoms with Crippen molar-refractivity contribution in [1.82, 2.24) is 20.6 Å². The second-order valence-corrected chi connectivity index (χ2v) is 5.99. The van der Waals surface area contributed by atoms with Gasteiger partial charge >= 0.3 is 0 Å². The van der Waals surface area contributed by atoms with Crippen molar-refractivity contribution in [1.29, 1.82) is 0 Å². The Kier molecular flexibility index (Phi) is 5.84. The number of benzene rings is 2. The number of nitrogens with zero attached hydrogens (tertiary/aromatic N) is 4. The lowest BCUT2D eigenvalue weighted by atomic mass is 10.2. The number of rotatable bonds is 8. The molecule has 0 bridgehead atoms. The summed E-state index contributed by atoms with van der Waals surface area (Å²) < 4.78 is 12.5. The largest absolute Gasteiger partial charge is 0.490 e. The quantitative estimate of drug-likeness (QED) is 0.611. The molecule has 2 aromatic carbocycles. The van der Waals surface area contributed by atoms with E-state index in [-0.39, 0.29) is 0 Å². The molecule has 0 saturated heterocycles. The summed E-state index contributed by atoms with van der Waals surface area (Å²) in [5.41, 5.74) is 2.04. The maximum atomic E-state index is 5.97. The molecule has 1 heterocycles. The average Bonchev–Trinajstić information content (AvgIpc) is 3.14. The molecule has 0 saturated carbocycles. The minimum absolute atomic E-state index is 0.318. The smallest absolute Gasteiger partial charge is 0.175 e. The van der Waals surface area contributed by atoms with Crippen molar-refractivity contribution in [3.05, 3.63) is 63.4 Å². The van der Waals surface area contributed by atoms with Crippen LogP contribution in [0, 0.1) is 0 Å². The third-order valence-electron chi connectivity index (χ3n) is 3.33. The van der Waals surface area contributed by atoms with Gasteiger partial charge in [-0.25, -0.2) is 0 Å². The molecule has 7 nitrogen and oxygen atoms in total. The third-order valence-corrected chi connectivity index (χ3v) is 3.92. The number of H-pyrrole nitrogens is 1. The van der Waals surface area contributed by atoms with Crippen molar-refractivity contribution in [2.24, 2.45) is 0 Å². The summed E-state index contributed by atoms with van der Waals surface area (Å²) in [6.07, 6.45) is 0. The predicted octanol–water partition coefficient (Wildman–Crippen LogP) is 4.15. The van der Waals surface area contributed by atoms with Crippen molar-refractivity contribution < 1.29 is 9.47 Å². The van der Waals surface area contributed by atoms with Crippen molar-refractivity contribution in [2.45, 2.75) is 20.1 Å². The molecule has 3 rings (SSSR count). The third kappa shape index (κ3) is 4.69. The maximum Gasteiger partial charge on any atom is 0.175 e. The molecule has 0 amide bonds. The number of aromatic nitrogens is 4. The van der Waals surface area contributed by atoms with Crippen LogP contribution in [0.1, 0.15) is 18.1 Å². The lowest BCUT2D eigenvalue weighted by Crippen LogP contribution is -2.01. The van der Waals surface area contributed by atoms with Gasteiger partial charge in [0, 0.05) is 6.54 Å². The first kappa shape index (κ1) is 17.2. The van der Waals surface area contributed by atoms with Crippen LogP contribution in [0.5, 0.6) is 11.5 Å². The first-order valence-electron chi connectivity index (χ1n) is 7.79. The second-order valence-electron chi connectivity index (χ2n) is 5.14. The first-order chi connectivity index (χ1) is 12.3. The van der Waals surface area contributed by atoms with Crippen LogP contribution in [0.4, 0.5) is 5.95 Å². The summed E-state index contributed by atoms with van der Waals surface area (Å²) in [6.45, 7) is 3.36. The molecule has 1 aromatic heterocycles. The molecular formula is C17H17BrN5O2-. The van der Waals surface area contributed by atoms with Crippen LogP contribution in [-0.4, -0.2) is 27.2 Å². The van der Waals surface area contributed by atoms with Gasteiger partial charge in [0.05, 0.1) is 17.0 Å². The van der Waals surface area contributed by atoms with E-state index in [1.165, 1.54) is 0 Å². The Bertz CT molecular complexity index is 796. The summed E-state index contributed by atoms with van der Waals surface area (Å²) in [6, 6.07) is 13.9. The van der Waals surface area contributed by atoms with Gasteiger partial charge < -0.3 is 14.8 Å². The van der Waals surface area contributed by atoms with Gasteiger partial charge in [-0.05, 0) is 46.1 Å². The number of halogens is 1. The highest BCUT2D eigenvalue weighted by Gasteiger charge is 2.12. The van der Waals surface area contributed by atoms with Gasteiger partial charge in [0.15, 0.2) is 11.5 Å². The van der Waals surface area contributed by atoms with E-state index in [1.807, 2.05) is 49.4 Å². The van der Waals surface area contributed by atoms with Crippen LogP contribution in [-0.2, 0) is 13.2 Å². The van der Waals surface area contributed by atoms with Crippen LogP contribution in [0.25, 0.3) is 5.32 Å². The zero-order valence-electron chi connectivity index (χ0n) is 13.6. The summed E-state index contributed by atoms with van der Waals surface area (Å²) in [7, 11) is 0. The Morgan fingerprint density at radius 2 is 1.96 bits per heavy atom. The van der Waals surface area contributed by atoms with E-state index in [4.69, 9.17) is 9.47 Å². The van der Waals surface area contributed by atoms with Gasteiger partial charge in [0.1, 0.15) is 6.61 Å². The minimum Gasteiger partial charge on any atom is -0.490 e. The van der Waals surface area contributed by atoms with Crippen molar-refractivity contribution in [3.63, 3.8) is 0 Å². The monoisotopic (exact) mass is 402 g/mol. The van der Waals surface area contributed by atoms with Gasteiger partial charge in [0.2, 0.25) is 0 Å². The molecule has 1 N–H and O–H groups in total. The summed E-state index contributed by atoms with van der Waals surface area (Å²) in [4.78, 5) is 0. The Hall–Kier alpha value is -2.61. The van der Waals surface area contributed by atoms with Crippen LogP contribution >= 0.6 is 15.9 Å². The number of tetrazole rings is 1. The molecule has 0 aliphatic rings. The fourth-order valence-electron chi connectivity index (χ4n) is 2.23. The summed E-state index contributed by atoms with van der Waals surface area (Å²) in [5, 5.41) is 17.7. The molecule has 0 atom stereocenters. The number of hydrogen-bond donors (Lipinski definition) is 1. The molecule has 0 aliphatic carbocycles. The average molecular weight is 403 g/mol. The standard InChI is InChI=1S/C17H17BrN5O2/c1-2-24-15-9-13(10-19-17-20-22-23-21-17)8-14(18)16(15)25-11-12-6-4-3-5-7-12/h3-9H,2,10-11H2,1H3,(H-,19,20,21,22,23)/q-1. The second kappa shape index (κ2) is 8.48. The Morgan fingerprint density at radius 1 is 1.12 bits per heavy atom. The van der Waals surface area contributed by atoms with Crippen molar-refractivity contribution in [2.75, 3.05) is 6.61 Å². The van der Waals surface area contributed by atoms with E-state index >= 15 is 0 Å². The zero-order chi connectivity index (χ0) is 17.5. The van der Waals surface area contributed by atoms with E-state index in [0.29, 0.717) is 37.2 Å². The van der Waals surface area contributed by atoms with E-state index in [0.717, 1.165) is 15.6 Å². The number of hydrogen-bond acceptors (Lipinski definition) is 5. The molecule has 0 unspecified atom stereocenters. The number of ether oxygens (including phenoxy) is 2. The van der Waals surface area contributed by atoms with Crippen LogP contribution in [0.3, 0.4) is 0 Å². The fourth-order valence-corrected chi connectivity index (χ4v) is 2.83. The van der Waals surface area contributed by atoms with Crippen molar-refractivity contribution >= 4 is 21.9 Å². The highest BCUT2D eigenvalue weighted by Crippen LogP contribution is 2.38. The summed E-state index contributed by atoms with van der Waals surface area (Å²) >= 11 is 3.56. The number of nitrogens with one attached hydrogen (secondary N) is 1. The molecule has 25 heavy (non-hydrogen) atoms. The highest BCUT2D eigenvalue weighted by atomic mass is 79.9. The van der Waals surface area contributed by atoms with E-state index in [1.54, 1.807) is 0 Å². The van der Waals surface area contributed by atoms with E-state index in [9.17, 15) is 0 Å². The zero-order valence-corrected chi connectivity index (χ0v) is 15.2. The maximum absolute atomic E-state index is 5.97. The van der Waals surface area contributed by atoms with Gasteiger partial charge in [0.25, 0.3) is 0 Å². The van der Waals surface area contributed by atoms with Gasteiger partial charge in [-0.1, -0.05) is 30.3 Å². The Balaban J connectivity index is 1.74. The van der Waals surface area contributed by atoms with Gasteiger partial charge in [-0.15, -0.1) is 5.21 Å². The minimum atomic E-state index is 0.318. The normalized spacial score (nSPS) is 10.5. The molecule has 0 fully saturated rings. The van der Waals surface area contributed by atoms with E-state index in [2.05, 4.69) is 41.9 Å². The Labute approximate surface area is 153 Å².